The van der Waals surface area contributed by atoms with Crippen LogP contribution in [0.5, 0.6) is 0 Å². The maximum Gasteiger partial charge on any atom is 0.220 e. The molecule has 3 fully saturated rings. The SMILES string of the molecule is CC/C=C\C/C=C\C/C=C\C/C=C\C/C=C\C/C=C\C/C=C\C/C=C\CCCCC(=O)NC(COC1OC(CO)C(OC2OC(CO)C(OC3OC(CO)C(O)C(O)C3O)C(O)C2O)C(O)C1O)C(O)/C=C/CC/C=C/CCCCCCCCCCCCCC. The fourth-order valence-electron chi connectivity index (χ4n) is 10.5. The van der Waals surface area contributed by atoms with Crippen molar-refractivity contribution < 1.29 is 89.4 Å². The van der Waals surface area contributed by atoms with E-state index in [0.29, 0.717) is 12.8 Å². The minimum Gasteiger partial charge on any atom is -0.394 e. The number of allylic oxidation sites excluding steroid dienone is 19. The van der Waals surface area contributed by atoms with Gasteiger partial charge in [0, 0.05) is 6.42 Å². The molecule has 0 saturated carbocycles. The van der Waals surface area contributed by atoms with Gasteiger partial charge in [-0.2, -0.15) is 0 Å². The van der Waals surface area contributed by atoms with Crippen molar-refractivity contribution in [3.63, 3.8) is 0 Å². The van der Waals surface area contributed by atoms with Gasteiger partial charge < -0.3 is 89.9 Å². The Labute approximate surface area is 538 Å². The van der Waals surface area contributed by atoms with Crippen LogP contribution in [0.4, 0.5) is 0 Å². The van der Waals surface area contributed by atoms with E-state index < -0.39 is 131 Å². The molecule has 0 aliphatic carbocycles. The lowest BCUT2D eigenvalue weighted by atomic mass is 9.96. The van der Waals surface area contributed by atoms with E-state index in [-0.39, 0.29) is 12.3 Å². The summed E-state index contributed by atoms with van der Waals surface area (Å²) < 4.78 is 34.3. The van der Waals surface area contributed by atoms with Crippen LogP contribution in [0.2, 0.25) is 0 Å². The molecular formula is C71H117NO18. The lowest BCUT2D eigenvalue weighted by Crippen LogP contribution is -2.66. The molecule has 0 aromatic carbocycles. The Hall–Kier alpha value is -3.81. The number of aliphatic hydroxyl groups excluding tert-OH is 11. The molecule has 3 rings (SSSR count). The highest BCUT2D eigenvalue weighted by atomic mass is 16.8. The predicted octanol–water partition coefficient (Wildman–Crippen LogP) is 8.43. The summed E-state index contributed by atoms with van der Waals surface area (Å²) in [6.07, 6.45) is 43.1. The van der Waals surface area contributed by atoms with E-state index in [2.05, 4.69) is 129 Å². The van der Waals surface area contributed by atoms with Gasteiger partial charge in [0.2, 0.25) is 5.91 Å². The van der Waals surface area contributed by atoms with Crippen LogP contribution in [0.3, 0.4) is 0 Å². The lowest BCUT2D eigenvalue weighted by Gasteiger charge is -2.48. The Morgan fingerprint density at radius 1 is 0.411 bits per heavy atom. The second-order valence-corrected chi connectivity index (χ2v) is 23.5. The number of carbonyl (C=O) groups is 1. The molecule has 90 heavy (non-hydrogen) atoms. The highest BCUT2D eigenvalue weighted by Gasteiger charge is 2.53. The van der Waals surface area contributed by atoms with Crippen molar-refractivity contribution >= 4 is 5.91 Å². The number of hydrogen-bond acceptors (Lipinski definition) is 18. The molecule has 19 heteroatoms. The van der Waals surface area contributed by atoms with E-state index >= 15 is 0 Å². The van der Waals surface area contributed by atoms with Crippen LogP contribution in [0.25, 0.3) is 0 Å². The summed E-state index contributed by atoms with van der Waals surface area (Å²) >= 11 is 0. The van der Waals surface area contributed by atoms with E-state index in [1.807, 2.05) is 6.08 Å². The molecule has 17 unspecified atom stereocenters. The van der Waals surface area contributed by atoms with Crippen LogP contribution in [-0.2, 0) is 33.2 Å². The number of hydrogen-bond donors (Lipinski definition) is 12. The highest BCUT2D eigenvalue weighted by molar-refractivity contribution is 5.76. The molecule has 3 aliphatic heterocycles. The first-order valence-corrected chi connectivity index (χ1v) is 33.8. The van der Waals surface area contributed by atoms with Crippen molar-refractivity contribution in [1.82, 2.24) is 5.32 Å². The molecule has 12 N–H and O–H groups in total. The van der Waals surface area contributed by atoms with Crippen molar-refractivity contribution in [2.24, 2.45) is 0 Å². The second-order valence-electron chi connectivity index (χ2n) is 23.5. The normalized spacial score (nSPS) is 28.8. The Kier molecular flexibility index (Phi) is 46.1. The highest BCUT2D eigenvalue weighted by Crippen LogP contribution is 2.33. The molecule has 514 valence electrons. The predicted molar refractivity (Wildman–Crippen MR) is 350 cm³/mol. The minimum atomic E-state index is -1.99. The third-order valence-electron chi connectivity index (χ3n) is 16.0. The smallest absolute Gasteiger partial charge is 0.220 e. The molecule has 3 saturated heterocycles. The van der Waals surface area contributed by atoms with Gasteiger partial charge in [-0.25, -0.2) is 0 Å². The maximum absolute atomic E-state index is 13.4. The number of unbranched alkanes of at least 4 members (excludes halogenated alkanes) is 15. The van der Waals surface area contributed by atoms with Crippen LogP contribution < -0.4 is 5.32 Å². The largest absolute Gasteiger partial charge is 0.394 e. The van der Waals surface area contributed by atoms with Crippen molar-refractivity contribution in [3.8, 4) is 0 Å². The Balaban J connectivity index is 1.48. The molecule has 19 nitrogen and oxygen atoms in total. The van der Waals surface area contributed by atoms with Gasteiger partial charge in [0.25, 0.3) is 0 Å². The van der Waals surface area contributed by atoms with Crippen LogP contribution in [0, 0.1) is 0 Å². The molecule has 0 spiro atoms. The number of amides is 1. The van der Waals surface area contributed by atoms with Crippen molar-refractivity contribution in [2.45, 2.75) is 291 Å². The summed E-state index contributed by atoms with van der Waals surface area (Å²) in [6, 6.07) is -1.02. The average molecular weight is 1270 g/mol. The standard InChI is InChI=1S/C71H117NO18/c1-3-5-7-9-11-13-15-17-19-21-23-24-25-26-27-28-29-30-31-33-35-37-39-41-43-45-47-49-59(77)72-54(55(76)48-46-44-42-40-38-36-34-32-22-20-18-16-14-12-10-8-6-4-2)53-85-69-65(83)62(80)67(57(51-74)87-69)90-71-66(84)63(81)68(58(52-75)88-71)89-70-64(82)61(79)60(78)56(50-73)86-70/h5,7,11,13,17,19,23-24,26-27,29-30,33,35,38-41,46,48,54-58,60-71,73-76,78-84H,3-4,6,8-10,12,14-16,18,20-22,25,28,31-32,34,36-37,42-45,47,49-53H2,1-2H3,(H,72,77)/b7-5-,13-11-,19-17-,24-23-,27-26-,30-29-,35-33-,40-38+,41-39-,48-46+. The summed E-state index contributed by atoms with van der Waals surface area (Å²) in [5.41, 5.74) is 0. The molecule has 0 aromatic heterocycles. The molecule has 3 heterocycles. The summed E-state index contributed by atoms with van der Waals surface area (Å²) in [5.74, 6) is -0.333. The average Bonchev–Trinajstić information content (AvgIpc) is 0.866. The molecule has 3 aliphatic rings. The molecule has 0 aromatic rings. The third-order valence-corrected chi connectivity index (χ3v) is 16.0. The van der Waals surface area contributed by atoms with Crippen LogP contribution in [0.15, 0.2) is 122 Å². The van der Waals surface area contributed by atoms with Gasteiger partial charge in [0.15, 0.2) is 18.9 Å². The van der Waals surface area contributed by atoms with E-state index in [1.54, 1.807) is 6.08 Å². The van der Waals surface area contributed by atoms with Crippen molar-refractivity contribution in [3.05, 3.63) is 122 Å². The number of nitrogens with one attached hydrogen (secondary N) is 1. The van der Waals surface area contributed by atoms with E-state index in [4.69, 9.17) is 28.4 Å². The zero-order chi connectivity index (χ0) is 65.4. The zero-order valence-electron chi connectivity index (χ0n) is 54.1. The van der Waals surface area contributed by atoms with Gasteiger partial charge >= 0.3 is 0 Å². The van der Waals surface area contributed by atoms with E-state index in [0.717, 1.165) is 83.5 Å². The van der Waals surface area contributed by atoms with Crippen molar-refractivity contribution in [2.75, 3.05) is 26.4 Å². The third kappa shape index (κ3) is 33.3. The maximum atomic E-state index is 13.4. The first-order chi connectivity index (χ1) is 43.8. The second kappa shape index (κ2) is 51.6. The Morgan fingerprint density at radius 2 is 0.778 bits per heavy atom. The van der Waals surface area contributed by atoms with Crippen molar-refractivity contribution in [1.29, 1.82) is 0 Å². The molecule has 0 radical (unpaired) electrons. The fourth-order valence-corrected chi connectivity index (χ4v) is 10.5. The molecule has 0 bridgehead atoms. The van der Waals surface area contributed by atoms with Gasteiger partial charge in [-0.3, -0.25) is 4.79 Å². The van der Waals surface area contributed by atoms with Gasteiger partial charge in [-0.15, -0.1) is 0 Å². The zero-order valence-corrected chi connectivity index (χ0v) is 54.1. The topological polar surface area (TPSA) is 307 Å². The van der Waals surface area contributed by atoms with E-state index in [1.165, 1.54) is 70.6 Å². The Bertz CT molecular complexity index is 2100. The minimum absolute atomic E-state index is 0.172. The number of aliphatic hydroxyl groups is 11. The van der Waals surface area contributed by atoms with Gasteiger partial charge in [0.1, 0.15) is 73.2 Å². The lowest BCUT2D eigenvalue weighted by molar-refractivity contribution is -0.379. The van der Waals surface area contributed by atoms with Crippen LogP contribution >= 0.6 is 0 Å². The molecule has 17 atom stereocenters. The van der Waals surface area contributed by atoms with Crippen LogP contribution in [0.1, 0.15) is 187 Å². The van der Waals surface area contributed by atoms with Gasteiger partial charge in [-0.05, 0) is 96.3 Å². The molecular weight excluding hydrogens is 1150 g/mol. The van der Waals surface area contributed by atoms with Gasteiger partial charge in [0.05, 0.1) is 38.6 Å². The quantitative estimate of drug-likeness (QED) is 0.0201. The Morgan fingerprint density at radius 3 is 1.24 bits per heavy atom. The first kappa shape index (κ1) is 80.4. The number of carbonyl (C=O) groups excluding carboxylic acids is 1. The summed E-state index contributed by atoms with van der Waals surface area (Å²) in [5, 5.41) is 120. The molecule has 1 amide bonds. The fraction of sp³-hybridized carbons (Fsp3) is 0.704. The van der Waals surface area contributed by atoms with Crippen LogP contribution in [-0.4, -0.2) is 193 Å². The monoisotopic (exact) mass is 1270 g/mol. The van der Waals surface area contributed by atoms with Gasteiger partial charge in [-0.1, -0.05) is 206 Å². The summed E-state index contributed by atoms with van der Waals surface area (Å²) in [7, 11) is 0. The number of rotatable bonds is 49. The summed E-state index contributed by atoms with van der Waals surface area (Å²) in [6.45, 7) is 1.54. The summed E-state index contributed by atoms with van der Waals surface area (Å²) in [4.78, 5) is 13.4. The first-order valence-electron chi connectivity index (χ1n) is 33.8. The number of ether oxygens (including phenoxy) is 6. The van der Waals surface area contributed by atoms with E-state index in [9.17, 15) is 61.0 Å².